The molecule has 3 rings (SSSR count). The van der Waals surface area contributed by atoms with Crippen LogP contribution in [0.2, 0.25) is 0 Å². The molecule has 4 N–H and O–H groups in total. The predicted molar refractivity (Wildman–Crippen MR) is 102 cm³/mol. The molecule has 0 radical (unpaired) electrons. The van der Waals surface area contributed by atoms with Crippen LogP contribution in [0.5, 0.6) is 0 Å². The second kappa shape index (κ2) is 8.79. The number of carbonyl (C=O) groups excluding carboxylic acids is 1. The number of aromatic nitrogens is 1. The number of amides is 1. The van der Waals surface area contributed by atoms with E-state index in [1.807, 2.05) is 23.1 Å². The Morgan fingerprint density at radius 2 is 2.03 bits per heavy atom. The zero-order valence-corrected chi connectivity index (χ0v) is 15.7. The van der Waals surface area contributed by atoms with Gasteiger partial charge < -0.3 is 16.2 Å². The lowest BCUT2D eigenvalue weighted by Gasteiger charge is -2.30. The number of hydrogen-bond donors (Lipinski definition) is 3. The van der Waals surface area contributed by atoms with Crippen LogP contribution in [-0.4, -0.2) is 46.3 Å². The molecule has 0 bridgehead atoms. The highest BCUT2D eigenvalue weighted by Gasteiger charge is 2.27. The van der Waals surface area contributed by atoms with Gasteiger partial charge >= 0.3 is 6.18 Å². The molecule has 1 aromatic carbocycles. The van der Waals surface area contributed by atoms with Gasteiger partial charge in [0.2, 0.25) is 5.91 Å². The van der Waals surface area contributed by atoms with Crippen molar-refractivity contribution in [1.29, 1.82) is 0 Å². The number of pyridine rings is 1. The molecule has 1 amide bonds. The Kier molecular flexibility index (Phi) is 6.39. The molecule has 1 aromatic heterocycles. The van der Waals surface area contributed by atoms with Gasteiger partial charge in [-0.25, -0.2) is 0 Å². The van der Waals surface area contributed by atoms with Gasteiger partial charge in [-0.3, -0.25) is 14.7 Å². The quantitative estimate of drug-likeness (QED) is 0.652. The van der Waals surface area contributed by atoms with Crippen molar-refractivity contribution in [2.75, 3.05) is 18.4 Å². The number of hydrogen-bond acceptors (Lipinski definition) is 5. The highest BCUT2D eigenvalue weighted by Crippen LogP contribution is 2.23. The molecule has 0 spiro atoms. The van der Waals surface area contributed by atoms with Gasteiger partial charge in [0.1, 0.15) is 6.10 Å². The van der Waals surface area contributed by atoms with E-state index >= 15 is 0 Å². The molecule has 2 heterocycles. The first-order valence-electron chi connectivity index (χ1n) is 9.24. The average molecular weight is 408 g/mol. The standard InChI is InChI=1S/C20H23F3N4O2/c21-20(22,23)7-14-6-17(10-25-8-14)26-9-13-1-2-15-3-4-27(11-16(15)5-13)12-18(28)19(24)29/h1-2,5-6,8,10,18,26,28H,3-4,7,9,11-12H2,(H2,24,29). The average Bonchev–Trinajstić information content (AvgIpc) is 2.65. The maximum absolute atomic E-state index is 12.5. The molecule has 0 saturated carbocycles. The molecular weight excluding hydrogens is 385 g/mol. The van der Waals surface area contributed by atoms with Gasteiger partial charge in [-0.15, -0.1) is 0 Å². The number of aliphatic hydroxyl groups is 1. The summed E-state index contributed by atoms with van der Waals surface area (Å²) in [5.74, 6) is -0.741. The van der Waals surface area contributed by atoms with E-state index < -0.39 is 24.6 Å². The third-order valence-electron chi connectivity index (χ3n) is 4.82. The molecule has 1 aliphatic rings. The fourth-order valence-corrected chi connectivity index (χ4v) is 3.39. The summed E-state index contributed by atoms with van der Waals surface area (Å²) in [7, 11) is 0. The van der Waals surface area contributed by atoms with E-state index in [0.717, 1.165) is 24.1 Å². The van der Waals surface area contributed by atoms with Gasteiger partial charge in [-0.1, -0.05) is 18.2 Å². The second-order valence-electron chi connectivity index (χ2n) is 7.23. The summed E-state index contributed by atoms with van der Waals surface area (Å²) in [5.41, 5.74) is 9.02. The Balaban J connectivity index is 1.62. The zero-order valence-electron chi connectivity index (χ0n) is 15.7. The van der Waals surface area contributed by atoms with Gasteiger partial charge in [0.05, 0.1) is 12.1 Å². The van der Waals surface area contributed by atoms with Gasteiger partial charge in [-0.05, 0) is 34.7 Å². The number of rotatable bonds is 7. The number of carbonyl (C=O) groups is 1. The largest absolute Gasteiger partial charge is 0.393 e. The van der Waals surface area contributed by atoms with E-state index in [0.29, 0.717) is 18.8 Å². The first-order valence-corrected chi connectivity index (χ1v) is 9.24. The molecule has 156 valence electrons. The maximum Gasteiger partial charge on any atom is 0.393 e. The summed E-state index contributed by atoms with van der Waals surface area (Å²) < 4.78 is 37.6. The maximum atomic E-state index is 12.5. The van der Waals surface area contributed by atoms with E-state index in [1.165, 1.54) is 24.0 Å². The van der Waals surface area contributed by atoms with Crippen molar-refractivity contribution in [1.82, 2.24) is 9.88 Å². The molecule has 0 aliphatic carbocycles. The van der Waals surface area contributed by atoms with Crippen LogP contribution in [0.1, 0.15) is 22.3 Å². The van der Waals surface area contributed by atoms with Crippen molar-refractivity contribution < 1.29 is 23.1 Å². The Hall–Kier alpha value is -2.65. The summed E-state index contributed by atoms with van der Waals surface area (Å²) in [6.07, 6.45) is -2.97. The fraction of sp³-hybridized carbons (Fsp3) is 0.400. The number of nitrogens with two attached hydrogens (primary N) is 1. The second-order valence-corrected chi connectivity index (χ2v) is 7.23. The molecule has 1 atom stereocenters. The van der Waals surface area contributed by atoms with Gasteiger partial charge in [0, 0.05) is 38.6 Å². The van der Waals surface area contributed by atoms with Crippen molar-refractivity contribution in [3.63, 3.8) is 0 Å². The third kappa shape index (κ3) is 6.16. The van der Waals surface area contributed by atoms with Crippen molar-refractivity contribution in [3.8, 4) is 0 Å². The number of β-amino-alcohol motifs (C(OH)–C–C–N with tert-alkyl or cyclic N) is 1. The number of anilines is 1. The van der Waals surface area contributed by atoms with Gasteiger partial charge in [0.15, 0.2) is 0 Å². The van der Waals surface area contributed by atoms with E-state index in [9.17, 15) is 23.1 Å². The first-order chi connectivity index (χ1) is 13.7. The summed E-state index contributed by atoms with van der Waals surface area (Å²) in [6, 6.07) is 7.49. The van der Waals surface area contributed by atoms with Gasteiger partial charge in [0.25, 0.3) is 0 Å². The smallest absolute Gasteiger partial charge is 0.382 e. The first kappa shape index (κ1) is 21.1. The predicted octanol–water partition coefficient (Wildman–Crippen LogP) is 2.00. The van der Waals surface area contributed by atoms with E-state index in [1.54, 1.807) is 0 Å². The van der Waals surface area contributed by atoms with Crippen LogP contribution in [0, 0.1) is 0 Å². The summed E-state index contributed by atoms with van der Waals surface area (Å²) >= 11 is 0. The van der Waals surface area contributed by atoms with Crippen LogP contribution in [0.15, 0.2) is 36.7 Å². The lowest BCUT2D eigenvalue weighted by molar-refractivity contribution is -0.127. The van der Waals surface area contributed by atoms with Crippen LogP contribution in [0.4, 0.5) is 18.9 Å². The van der Waals surface area contributed by atoms with E-state index in [-0.39, 0.29) is 12.1 Å². The summed E-state index contributed by atoms with van der Waals surface area (Å²) in [4.78, 5) is 16.9. The van der Waals surface area contributed by atoms with Gasteiger partial charge in [-0.2, -0.15) is 13.2 Å². The summed E-state index contributed by atoms with van der Waals surface area (Å²) in [5, 5.41) is 12.8. The number of alkyl halides is 3. The number of benzene rings is 1. The van der Waals surface area contributed by atoms with Crippen molar-refractivity contribution >= 4 is 11.6 Å². The number of fused-ring (bicyclic) bond motifs is 1. The Morgan fingerprint density at radius 3 is 2.76 bits per heavy atom. The number of aliphatic hydroxyl groups excluding tert-OH is 1. The van der Waals surface area contributed by atoms with Crippen LogP contribution < -0.4 is 11.1 Å². The molecule has 0 saturated heterocycles. The summed E-state index contributed by atoms with van der Waals surface area (Å²) in [6.45, 7) is 1.95. The fourth-order valence-electron chi connectivity index (χ4n) is 3.39. The minimum absolute atomic E-state index is 0.108. The highest BCUT2D eigenvalue weighted by molar-refractivity contribution is 5.78. The lowest BCUT2D eigenvalue weighted by atomic mass is 9.97. The molecule has 29 heavy (non-hydrogen) atoms. The number of halogens is 3. The lowest BCUT2D eigenvalue weighted by Crippen LogP contribution is -2.42. The SMILES string of the molecule is NC(=O)C(O)CN1CCc2ccc(CNc3cncc(CC(F)(F)F)c3)cc2C1. The molecule has 6 nitrogen and oxygen atoms in total. The third-order valence-corrected chi connectivity index (χ3v) is 4.82. The molecular formula is C20H23F3N4O2. The van der Waals surface area contributed by atoms with E-state index in [4.69, 9.17) is 5.73 Å². The Morgan fingerprint density at radius 1 is 1.24 bits per heavy atom. The normalized spacial score (nSPS) is 15.6. The topological polar surface area (TPSA) is 91.5 Å². The minimum Gasteiger partial charge on any atom is -0.382 e. The Bertz CT molecular complexity index is 873. The monoisotopic (exact) mass is 408 g/mol. The molecule has 1 aliphatic heterocycles. The van der Waals surface area contributed by atoms with Crippen LogP contribution in [0.25, 0.3) is 0 Å². The Labute approximate surface area is 166 Å². The van der Waals surface area contributed by atoms with Crippen LogP contribution >= 0.6 is 0 Å². The highest BCUT2D eigenvalue weighted by atomic mass is 19.4. The van der Waals surface area contributed by atoms with Crippen molar-refractivity contribution in [2.24, 2.45) is 5.73 Å². The van der Waals surface area contributed by atoms with Crippen molar-refractivity contribution in [3.05, 3.63) is 58.9 Å². The van der Waals surface area contributed by atoms with E-state index in [2.05, 4.69) is 10.3 Å². The van der Waals surface area contributed by atoms with Crippen LogP contribution in [-0.2, 0) is 30.7 Å². The minimum atomic E-state index is -4.27. The van der Waals surface area contributed by atoms with Crippen molar-refractivity contribution in [2.45, 2.75) is 38.2 Å². The molecule has 9 heteroatoms. The number of primary amides is 1. The molecule has 1 unspecified atom stereocenters. The molecule has 2 aromatic rings. The molecule has 0 fully saturated rings. The number of nitrogens with one attached hydrogen (secondary N) is 1. The number of nitrogens with zero attached hydrogens (tertiary/aromatic N) is 2. The zero-order chi connectivity index (χ0) is 21.0. The van der Waals surface area contributed by atoms with Crippen LogP contribution in [0.3, 0.4) is 0 Å².